The Bertz CT molecular complexity index is 510. The number of aliphatic hydroxyl groups is 1. The van der Waals surface area contributed by atoms with Gasteiger partial charge in [-0.1, -0.05) is 11.6 Å². The molecule has 2 aliphatic rings. The van der Waals surface area contributed by atoms with Crippen LogP contribution in [0, 0.1) is 5.92 Å². The van der Waals surface area contributed by atoms with E-state index in [-0.39, 0.29) is 11.1 Å². The van der Waals surface area contributed by atoms with Gasteiger partial charge in [-0.3, -0.25) is 4.79 Å². The second-order valence-corrected chi connectivity index (χ2v) is 5.52. The molecule has 0 spiro atoms. The largest absolute Gasteiger partial charge is 0.397 e. The number of rotatable bonds is 2. The number of nitrogens with two attached hydrogens (primary N) is 1. The van der Waals surface area contributed by atoms with Gasteiger partial charge in [0.05, 0.1) is 30.5 Å². The van der Waals surface area contributed by atoms with Gasteiger partial charge in [0, 0.05) is 0 Å². The number of pyridine rings is 1. The molecule has 5 nitrogen and oxygen atoms in total. The predicted molar refractivity (Wildman–Crippen MR) is 67.2 cm³/mol. The van der Waals surface area contributed by atoms with Gasteiger partial charge in [-0.25, -0.2) is 4.98 Å². The highest BCUT2D eigenvalue weighted by Crippen LogP contribution is 2.44. The monoisotopic (exact) mass is 267 g/mol. The summed E-state index contributed by atoms with van der Waals surface area (Å²) in [6.45, 7) is 0.770. The van der Waals surface area contributed by atoms with Crippen LogP contribution in [0.25, 0.3) is 0 Å². The van der Waals surface area contributed by atoms with E-state index in [2.05, 4.69) is 4.98 Å². The van der Waals surface area contributed by atoms with Crippen molar-refractivity contribution in [2.45, 2.75) is 18.4 Å². The minimum atomic E-state index is -0.679. The zero-order valence-electron chi connectivity index (χ0n) is 9.77. The third-order valence-electron chi connectivity index (χ3n) is 3.69. The van der Waals surface area contributed by atoms with E-state index in [0.717, 1.165) is 12.8 Å². The molecule has 0 unspecified atom stereocenters. The van der Waals surface area contributed by atoms with Crippen molar-refractivity contribution in [3.63, 3.8) is 0 Å². The molecular formula is C12H14ClN3O2. The summed E-state index contributed by atoms with van der Waals surface area (Å²) >= 11 is 5.76. The molecule has 1 aliphatic heterocycles. The highest BCUT2D eigenvalue weighted by atomic mass is 35.5. The Morgan fingerprint density at radius 1 is 1.56 bits per heavy atom. The average Bonchev–Trinajstić information content (AvgIpc) is 3.11. The number of halogens is 1. The number of hydrogen-bond donors (Lipinski definition) is 2. The van der Waals surface area contributed by atoms with Gasteiger partial charge in [0.25, 0.3) is 5.91 Å². The van der Waals surface area contributed by atoms with Crippen molar-refractivity contribution >= 4 is 23.2 Å². The summed E-state index contributed by atoms with van der Waals surface area (Å²) in [6.07, 6.45) is 3.49. The molecule has 1 aromatic heterocycles. The molecule has 18 heavy (non-hydrogen) atoms. The molecule has 1 saturated carbocycles. The van der Waals surface area contributed by atoms with Crippen molar-refractivity contribution in [2.24, 2.45) is 5.92 Å². The maximum Gasteiger partial charge on any atom is 0.256 e. The number of carbonyl (C=O) groups is 1. The summed E-state index contributed by atoms with van der Waals surface area (Å²) in [4.78, 5) is 17.6. The van der Waals surface area contributed by atoms with E-state index in [1.807, 2.05) is 0 Å². The van der Waals surface area contributed by atoms with Crippen LogP contribution >= 0.6 is 11.6 Å². The second kappa shape index (κ2) is 3.83. The van der Waals surface area contributed by atoms with Gasteiger partial charge in [0.1, 0.15) is 10.8 Å². The molecule has 0 bridgehead atoms. The molecule has 6 heteroatoms. The number of hydrogen-bond acceptors (Lipinski definition) is 4. The number of β-amino-alcohol motifs (C(OH)–C–C–N with tert-alkyl or cyclic N) is 1. The van der Waals surface area contributed by atoms with Crippen LogP contribution in [0.4, 0.5) is 5.69 Å². The van der Waals surface area contributed by atoms with Crippen LogP contribution in [0.15, 0.2) is 12.3 Å². The van der Waals surface area contributed by atoms with Crippen LogP contribution in [0.3, 0.4) is 0 Å². The second-order valence-electron chi connectivity index (χ2n) is 5.13. The zero-order valence-corrected chi connectivity index (χ0v) is 10.5. The molecule has 3 rings (SSSR count). The Balaban J connectivity index is 1.74. The highest BCUT2D eigenvalue weighted by molar-refractivity contribution is 6.29. The lowest BCUT2D eigenvalue weighted by molar-refractivity contribution is -0.0957. The lowest BCUT2D eigenvalue weighted by Gasteiger charge is -2.47. The van der Waals surface area contributed by atoms with Crippen molar-refractivity contribution in [1.82, 2.24) is 9.88 Å². The first-order valence-electron chi connectivity index (χ1n) is 5.92. The Hall–Kier alpha value is -1.33. The standard InChI is InChI=1S/C12H14ClN3O2/c13-10-3-8(9(14)4-15-10)11(17)16-5-12(18,6-16)7-1-2-7/h3-4,7,18H,1-2,5-6,14H2. The number of likely N-dealkylation sites (tertiary alicyclic amines) is 1. The van der Waals surface area contributed by atoms with E-state index in [1.54, 1.807) is 4.90 Å². The van der Waals surface area contributed by atoms with Gasteiger partial charge in [0.2, 0.25) is 0 Å². The molecule has 1 amide bonds. The number of nitrogen functional groups attached to an aromatic ring is 1. The number of anilines is 1. The Kier molecular flexibility index (Phi) is 2.50. The van der Waals surface area contributed by atoms with Crippen LogP contribution in [0.2, 0.25) is 5.15 Å². The number of amides is 1. The number of carbonyl (C=O) groups excluding carboxylic acids is 1. The zero-order chi connectivity index (χ0) is 12.9. The SMILES string of the molecule is Nc1cnc(Cl)cc1C(=O)N1CC(O)(C2CC2)C1. The molecule has 96 valence electrons. The minimum Gasteiger partial charge on any atom is -0.397 e. The van der Waals surface area contributed by atoms with Crippen molar-refractivity contribution in [3.05, 3.63) is 23.0 Å². The lowest BCUT2D eigenvalue weighted by atomic mass is 9.88. The smallest absolute Gasteiger partial charge is 0.256 e. The first-order valence-corrected chi connectivity index (χ1v) is 6.30. The van der Waals surface area contributed by atoms with E-state index in [4.69, 9.17) is 17.3 Å². The van der Waals surface area contributed by atoms with Gasteiger partial charge < -0.3 is 15.7 Å². The van der Waals surface area contributed by atoms with Crippen molar-refractivity contribution < 1.29 is 9.90 Å². The van der Waals surface area contributed by atoms with Gasteiger partial charge in [-0.2, -0.15) is 0 Å². The Labute approximate surface area is 110 Å². The van der Waals surface area contributed by atoms with Crippen LogP contribution in [-0.2, 0) is 0 Å². The van der Waals surface area contributed by atoms with Crippen LogP contribution in [0.1, 0.15) is 23.2 Å². The molecule has 0 aromatic carbocycles. The summed E-state index contributed by atoms with van der Waals surface area (Å²) in [5, 5.41) is 10.4. The summed E-state index contributed by atoms with van der Waals surface area (Å²) in [5.41, 5.74) is 5.70. The third-order valence-corrected chi connectivity index (χ3v) is 3.89. The fraction of sp³-hybridized carbons (Fsp3) is 0.500. The van der Waals surface area contributed by atoms with Crippen molar-refractivity contribution in [3.8, 4) is 0 Å². The van der Waals surface area contributed by atoms with E-state index >= 15 is 0 Å². The minimum absolute atomic E-state index is 0.192. The number of nitrogens with zero attached hydrogens (tertiary/aromatic N) is 2. The fourth-order valence-electron chi connectivity index (χ4n) is 2.43. The quantitative estimate of drug-likeness (QED) is 0.781. The summed E-state index contributed by atoms with van der Waals surface area (Å²) in [6, 6.07) is 1.47. The molecule has 1 aliphatic carbocycles. The Morgan fingerprint density at radius 2 is 2.22 bits per heavy atom. The molecule has 0 radical (unpaired) electrons. The van der Waals surface area contributed by atoms with Crippen molar-refractivity contribution in [2.75, 3.05) is 18.8 Å². The van der Waals surface area contributed by atoms with E-state index in [0.29, 0.717) is 30.3 Å². The van der Waals surface area contributed by atoms with Crippen LogP contribution in [-0.4, -0.2) is 39.6 Å². The highest BCUT2D eigenvalue weighted by Gasteiger charge is 2.53. The van der Waals surface area contributed by atoms with Crippen LogP contribution in [0.5, 0.6) is 0 Å². The summed E-state index contributed by atoms with van der Waals surface area (Å²) < 4.78 is 0. The maximum atomic E-state index is 12.2. The van der Waals surface area contributed by atoms with E-state index in [9.17, 15) is 9.90 Å². The van der Waals surface area contributed by atoms with E-state index < -0.39 is 5.60 Å². The molecular weight excluding hydrogens is 254 g/mol. The van der Waals surface area contributed by atoms with Gasteiger partial charge >= 0.3 is 0 Å². The number of aromatic nitrogens is 1. The molecule has 2 fully saturated rings. The van der Waals surface area contributed by atoms with Crippen LogP contribution < -0.4 is 5.73 Å². The van der Waals surface area contributed by atoms with E-state index in [1.165, 1.54) is 12.3 Å². The fourth-order valence-corrected chi connectivity index (χ4v) is 2.59. The molecule has 0 atom stereocenters. The summed E-state index contributed by atoms with van der Waals surface area (Å²) in [7, 11) is 0. The lowest BCUT2D eigenvalue weighted by Crippen LogP contribution is -2.64. The first-order chi connectivity index (χ1) is 8.49. The molecule has 1 aromatic rings. The van der Waals surface area contributed by atoms with Gasteiger partial charge in [-0.05, 0) is 24.8 Å². The maximum absolute atomic E-state index is 12.2. The third kappa shape index (κ3) is 1.83. The predicted octanol–water partition coefficient (Wildman–Crippen LogP) is 0.914. The average molecular weight is 268 g/mol. The van der Waals surface area contributed by atoms with Crippen molar-refractivity contribution in [1.29, 1.82) is 0 Å². The topological polar surface area (TPSA) is 79.5 Å². The molecule has 2 heterocycles. The van der Waals surface area contributed by atoms with Gasteiger partial charge in [0.15, 0.2) is 0 Å². The Morgan fingerprint density at radius 3 is 2.83 bits per heavy atom. The van der Waals surface area contributed by atoms with Gasteiger partial charge in [-0.15, -0.1) is 0 Å². The first kappa shape index (κ1) is 11.7. The molecule has 3 N–H and O–H groups in total. The normalized spacial score (nSPS) is 21.6. The molecule has 1 saturated heterocycles. The summed E-state index contributed by atoms with van der Waals surface area (Å²) in [5.74, 6) is 0.169.